The van der Waals surface area contributed by atoms with E-state index < -0.39 is 39.8 Å². The van der Waals surface area contributed by atoms with E-state index in [-0.39, 0.29) is 42.1 Å². The van der Waals surface area contributed by atoms with Crippen molar-refractivity contribution < 1.29 is 88.6 Å². The maximum absolute atomic E-state index is 13.2. The number of nitrogens with one attached hydrogen (secondary N) is 2. The second-order valence-electron chi connectivity index (χ2n) is 15.0. The van der Waals surface area contributed by atoms with Gasteiger partial charge in [-0.3, -0.25) is 33.6 Å². The summed E-state index contributed by atoms with van der Waals surface area (Å²) in [7, 11) is -3.79. The lowest BCUT2D eigenvalue weighted by molar-refractivity contribution is -0.136. The van der Waals surface area contributed by atoms with Crippen LogP contribution in [-0.2, 0) is 80.7 Å². The Balaban J connectivity index is 0.785. The first-order valence-electron chi connectivity index (χ1n) is 23.2. The number of ether oxygens (including phenoxy) is 12. The monoisotopic (exact) mass is 999 g/mol. The highest BCUT2D eigenvalue weighted by Crippen LogP contribution is 2.32. The van der Waals surface area contributed by atoms with E-state index in [0.29, 0.717) is 164 Å². The van der Waals surface area contributed by atoms with E-state index in [2.05, 4.69) is 10.6 Å². The number of aryl methyl sites for hydroxylation is 1. The van der Waals surface area contributed by atoms with Crippen molar-refractivity contribution in [3.8, 4) is 0 Å². The fourth-order valence-electron chi connectivity index (χ4n) is 6.42. The number of carbonyl (C=O) groups is 4. The predicted molar refractivity (Wildman–Crippen MR) is 246 cm³/mol. The summed E-state index contributed by atoms with van der Waals surface area (Å²) >= 11 is 0. The first-order chi connectivity index (χ1) is 33.7. The molecule has 0 radical (unpaired) electrons. The first-order valence-corrected chi connectivity index (χ1v) is 24.6. The highest BCUT2D eigenvalue weighted by atomic mass is 32.2. The number of rotatable bonds is 43. The Bertz CT molecular complexity index is 1890. The SMILES string of the molecule is Cc1ccc(S(=O)(=O)OCCOCCOCCOCCOCCOCCOCCOCCOCCOCCOCCOCCOCCNc2cccc3c2C(=O)N(C2CCC(=O)NC2=O)C3=O)cc1. The molecule has 0 aromatic heterocycles. The second kappa shape index (κ2) is 35.1. The molecule has 388 valence electrons. The van der Waals surface area contributed by atoms with Crippen LogP contribution in [0.4, 0.5) is 5.69 Å². The minimum Gasteiger partial charge on any atom is -0.382 e. The number of anilines is 1. The summed E-state index contributed by atoms with van der Waals surface area (Å²) in [5.41, 5.74) is 1.85. The molecule has 23 heteroatoms. The highest BCUT2D eigenvalue weighted by molar-refractivity contribution is 7.86. The third-order valence-electron chi connectivity index (χ3n) is 9.90. The van der Waals surface area contributed by atoms with Crippen molar-refractivity contribution in [2.45, 2.75) is 30.7 Å². The Morgan fingerprint density at radius 3 is 1.32 bits per heavy atom. The fourth-order valence-corrected chi connectivity index (χ4v) is 7.31. The van der Waals surface area contributed by atoms with Gasteiger partial charge < -0.3 is 62.2 Å². The van der Waals surface area contributed by atoms with Crippen LogP contribution in [0.1, 0.15) is 39.1 Å². The van der Waals surface area contributed by atoms with Crippen molar-refractivity contribution in [1.29, 1.82) is 0 Å². The summed E-state index contributed by atoms with van der Waals surface area (Å²) in [6.07, 6.45) is 0.155. The number of fused-ring (bicyclic) bond motifs is 1. The van der Waals surface area contributed by atoms with Crippen molar-refractivity contribution in [3.63, 3.8) is 0 Å². The van der Waals surface area contributed by atoms with Gasteiger partial charge in [-0.15, -0.1) is 0 Å². The van der Waals surface area contributed by atoms with Crippen molar-refractivity contribution in [2.24, 2.45) is 0 Å². The molecule has 4 amide bonds. The largest absolute Gasteiger partial charge is 0.382 e. The average Bonchev–Trinajstić information content (AvgIpc) is 3.59. The Hall–Kier alpha value is -4.05. The van der Waals surface area contributed by atoms with Crippen LogP contribution in [0.3, 0.4) is 0 Å². The van der Waals surface area contributed by atoms with E-state index >= 15 is 0 Å². The summed E-state index contributed by atoms with van der Waals surface area (Å²) in [5, 5.41) is 5.33. The molecule has 2 N–H and O–H groups in total. The van der Waals surface area contributed by atoms with Gasteiger partial charge in [0, 0.05) is 18.7 Å². The van der Waals surface area contributed by atoms with Gasteiger partial charge in [0.25, 0.3) is 21.9 Å². The molecule has 1 unspecified atom stereocenters. The maximum Gasteiger partial charge on any atom is 0.297 e. The minimum atomic E-state index is -3.79. The van der Waals surface area contributed by atoms with Crippen molar-refractivity contribution >= 4 is 39.4 Å². The number of amides is 4. The molecule has 0 saturated carbocycles. The number of piperidine rings is 1. The molecule has 2 aliphatic heterocycles. The zero-order chi connectivity index (χ0) is 49.2. The molecule has 0 bridgehead atoms. The fraction of sp³-hybridized carbons (Fsp3) is 0.652. The molecule has 0 aliphatic carbocycles. The van der Waals surface area contributed by atoms with Gasteiger partial charge in [0.05, 0.1) is 181 Å². The van der Waals surface area contributed by atoms with E-state index in [9.17, 15) is 27.6 Å². The average molecular weight is 1000 g/mol. The van der Waals surface area contributed by atoms with E-state index in [1.807, 2.05) is 6.92 Å². The van der Waals surface area contributed by atoms with E-state index in [4.69, 9.17) is 61.0 Å². The topological polar surface area (TPSA) is 250 Å². The molecule has 1 atom stereocenters. The van der Waals surface area contributed by atoms with Gasteiger partial charge in [-0.25, -0.2) is 0 Å². The molecule has 2 heterocycles. The summed E-state index contributed by atoms with van der Waals surface area (Å²) in [5.74, 6) is -2.19. The number of nitrogens with zero attached hydrogens (tertiary/aromatic N) is 1. The van der Waals surface area contributed by atoms with Crippen molar-refractivity contribution in [3.05, 3.63) is 59.2 Å². The minimum absolute atomic E-state index is 0.0587. The van der Waals surface area contributed by atoms with Crippen LogP contribution in [0, 0.1) is 6.92 Å². The smallest absolute Gasteiger partial charge is 0.297 e. The zero-order valence-corrected chi connectivity index (χ0v) is 40.3. The molecule has 4 rings (SSSR count). The number of benzene rings is 2. The number of carbonyl (C=O) groups excluding carboxylic acids is 4. The first kappa shape index (κ1) is 57.5. The molecule has 22 nitrogen and oxygen atoms in total. The molecule has 2 aromatic carbocycles. The molecule has 1 saturated heterocycles. The van der Waals surface area contributed by atoms with Crippen LogP contribution in [0.25, 0.3) is 0 Å². The third-order valence-corrected chi connectivity index (χ3v) is 11.2. The van der Waals surface area contributed by atoms with Crippen LogP contribution in [0.15, 0.2) is 47.4 Å². The van der Waals surface area contributed by atoms with Gasteiger partial charge in [0.2, 0.25) is 11.8 Å². The number of imide groups is 2. The summed E-state index contributed by atoms with van der Waals surface area (Å²) < 4.78 is 95.1. The van der Waals surface area contributed by atoms with Crippen LogP contribution in [0.5, 0.6) is 0 Å². The molecule has 0 spiro atoms. The Kier molecular flexibility index (Phi) is 29.3. The second-order valence-corrected chi connectivity index (χ2v) is 16.7. The molecule has 1 fully saturated rings. The Morgan fingerprint density at radius 1 is 0.522 bits per heavy atom. The van der Waals surface area contributed by atoms with Gasteiger partial charge in [-0.2, -0.15) is 8.42 Å². The molecular weight excluding hydrogens is 931 g/mol. The summed E-state index contributed by atoms with van der Waals surface area (Å²) in [6.45, 7) is 11.9. The van der Waals surface area contributed by atoms with Crippen LogP contribution in [-0.4, -0.2) is 215 Å². The molecule has 2 aliphatic rings. The quantitative estimate of drug-likeness (QED) is 0.0542. The van der Waals surface area contributed by atoms with Gasteiger partial charge in [0.1, 0.15) is 6.04 Å². The third kappa shape index (κ3) is 23.2. The normalized spacial score (nSPS) is 15.0. The van der Waals surface area contributed by atoms with Crippen LogP contribution in [0.2, 0.25) is 0 Å². The van der Waals surface area contributed by atoms with Crippen molar-refractivity contribution in [1.82, 2.24) is 10.2 Å². The molecular formula is C46H69N3O19S. The number of hydrogen-bond acceptors (Lipinski definition) is 20. The predicted octanol–water partition coefficient (Wildman–Crippen LogP) is 1.41. The van der Waals surface area contributed by atoms with Gasteiger partial charge in [0.15, 0.2) is 0 Å². The van der Waals surface area contributed by atoms with Gasteiger partial charge in [-0.1, -0.05) is 23.8 Å². The Morgan fingerprint density at radius 2 is 0.913 bits per heavy atom. The molecule has 2 aromatic rings. The van der Waals surface area contributed by atoms with Gasteiger partial charge in [-0.05, 0) is 37.6 Å². The lowest BCUT2D eigenvalue weighted by Crippen LogP contribution is -2.54. The zero-order valence-electron chi connectivity index (χ0n) is 39.5. The van der Waals surface area contributed by atoms with Crippen LogP contribution < -0.4 is 10.6 Å². The lowest BCUT2D eigenvalue weighted by Gasteiger charge is -2.27. The summed E-state index contributed by atoms with van der Waals surface area (Å²) in [4.78, 5) is 51.1. The molecule has 69 heavy (non-hydrogen) atoms. The van der Waals surface area contributed by atoms with Gasteiger partial charge >= 0.3 is 0 Å². The standard InChI is InChI=1S/C46H69N3O19S/c1-37-5-7-38(8-6-37)69(54,55)68-36-35-67-34-33-66-32-31-65-30-29-64-28-27-63-26-25-62-24-23-61-22-21-60-20-19-59-18-17-58-16-15-57-14-13-56-12-11-47-40-4-2-3-39-43(40)46(53)49(45(39)52)41-9-10-42(50)48-44(41)51/h2-8,41,47H,9-36H2,1H3,(H,48,50,51). The van der Waals surface area contributed by atoms with E-state index in [1.54, 1.807) is 30.3 Å². The maximum atomic E-state index is 13.2. The van der Waals surface area contributed by atoms with E-state index in [1.165, 1.54) is 12.1 Å². The lowest BCUT2D eigenvalue weighted by atomic mass is 10.0. The Labute approximate surface area is 404 Å². The van der Waals surface area contributed by atoms with Crippen molar-refractivity contribution in [2.75, 3.05) is 177 Å². The van der Waals surface area contributed by atoms with Crippen LogP contribution >= 0.6 is 0 Å². The van der Waals surface area contributed by atoms with E-state index in [0.717, 1.165) is 10.5 Å². The summed E-state index contributed by atoms with van der Waals surface area (Å²) in [6, 6.07) is 10.3. The number of hydrogen-bond donors (Lipinski definition) is 2. The highest BCUT2D eigenvalue weighted by Gasteiger charge is 2.45.